The Morgan fingerprint density at radius 2 is 1.74 bits per heavy atom. The number of Topliss-reactive ketones (excluding diaryl/α,β-unsaturated/α-hetero) is 1. The molecule has 46 heavy (non-hydrogen) atoms. The first-order valence-corrected chi connectivity index (χ1v) is 18.7. The van der Waals surface area contributed by atoms with Gasteiger partial charge in [0.05, 0.1) is 5.41 Å². The highest BCUT2D eigenvalue weighted by molar-refractivity contribution is 5.87. The van der Waals surface area contributed by atoms with Gasteiger partial charge in [-0.05, 0) is 125 Å². The maximum Gasteiger partial charge on any atom is 0.144 e. The van der Waals surface area contributed by atoms with Gasteiger partial charge in [-0.15, -0.1) is 0 Å². The van der Waals surface area contributed by atoms with E-state index in [9.17, 15) is 4.79 Å². The molecule has 0 spiro atoms. The van der Waals surface area contributed by atoms with Crippen molar-refractivity contribution in [2.24, 2.45) is 45.7 Å². The van der Waals surface area contributed by atoms with E-state index in [1.807, 2.05) is 19.9 Å². The third-order valence-electron chi connectivity index (χ3n) is 13.1. The Balaban J connectivity index is 0.000000227. The quantitative estimate of drug-likeness (QED) is 0.292. The van der Waals surface area contributed by atoms with Crippen LogP contribution in [0.25, 0.3) is 0 Å². The third kappa shape index (κ3) is 6.65. The number of carbonyl (C=O) groups excluding carboxylic acids is 1. The molecule has 3 nitrogen and oxygen atoms in total. The highest BCUT2D eigenvalue weighted by Crippen LogP contribution is 2.71. The summed E-state index contributed by atoms with van der Waals surface area (Å²) < 4.78 is 5.87. The van der Waals surface area contributed by atoms with E-state index in [0.29, 0.717) is 30.1 Å². The van der Waals surface area contributed by atoms with Crippen LogP contribution in [0.1, 0.15) is 125 Å². The van der Waals surface area contributed by atoms with Crippen molar-refractivity contribution < 1.29 is 9.53 Å². The van der Waals surface area contributed by atoms with Crippen LogP contribution in [0.5, 0.6) is 0 Å². The summed E-state index contributed by atoms with van der Waals surface area (Å²) in [6, 6.07) is 10.8. The van der Waals surface area contributed by atoms with E-state index in [-0.39, 0.29) is 21.8 Å². The summed E-state index contributed by atoms with van der Waals surface area (Å²) in [7, 11) is 0. The Hall–Kier alpha value is -2.39. The fraction of sp³-hybridized carbons (Fsp3) is 0.651. The molecule has 0 amide bonds. The normalized spacial score (nSPS) is 38.6. The summed E-state index contributed by atoms with van der Waals surface area (Å²) in [5.74, 6) is 4.06. The topological polar surface area (TPSA) is 52.3 Å². The van der Waals surface area contributed by atoms with Gasteiger partial charge in [-0.3, -0.25) is 4.79 Å². The minimum absolute atomic E-state index is 0.0305. The van der Waals surface area contributed by atoms with Crippen LogP contribution in [0.15, 0.2) is 78.6 Å². The van der Waals surface area contributed by atoms with Crippen molar-refractivity contribution in [2.45, 2.75) is 131 Å². The molecule has 8 unspecified atom stereocenters. The Bertz CT molecular complexity index is 1280. The predicted molar refractivity (Wildman–Crippen MR) is 195 cm³/mol. The van der Waals surface area contributed by atoms with Crippen LogP contribution in [-0.2, 0) is 16.0 Å². The zero-order valence-corrected chi connectivity index (χ0v) is 30.4. The summed E-state index contributed by atoms with van der Waals surface area (Å²) in [6.07, 6.45) is 25.2. The molecule has 0 bridgehead atoms. The number of ketones is 1. The number of allylic oxidation sites excluding steroid dienone is 6. The lowest BCUT2D eigenvalue weighted by Gasteiger charge is -2.59. The molecule has 8 atom stereocenters. The van der Waals surface area contributed by atoms with Crippen LogP contribution in [0, 0.1) is 39.9 Å². The van der Waals surface area contributed by atoms with Crippen LogP contribution >= 0.6 is 0 Å². The number of hydrogen-bond donors (Lipinski definition) is 1. The number of carbonyl (C=O) groups is 1. The van der Waals surface area contributed by atoms with Gasteiger partial charge in [0, 0.05) is 11.0 Å². The molecule has 0 aromatic heterocycles. The monoisotopic (exact) mass is 628 g/mol. The number of fused-ring (bicyclic) bond motifs is 3. The molecule has 4 saturated carbocycles. The van der Waals surface area contributed by atoms with E-state index < -0.39 is 0 Å². The molecular formula is C43H65NO2. The molecule has 1 aliphatic heterocycles. The van der Waals surface area contributed by atoms with Crippen LogP contribution in [0.3, 0.4) is 0 Å². The van der Waals surface area contributed by atoms with Gasteiger partial charge >= 0.3 is 0 Å². The summed E-state index contributed by atoms with van der Waals surface area (Å²) >= 11 is 0. The Morgan fingerprint density at radius 1 is 1.04 bits per heavy atom. The van der Waals surface area contributed by atoms with Gasteiger partial charge in [0.25, 0.3) is 0 Å². The number of rotatable bonds is 8. The summed E-state index contributed by atoms with van der Waals surface area (Å²) in [5.41, 5.74) is 9.32. The molecule has 6 rings (SSSR count). The van der Waals surface area contributed by atoms with E-state index in [4.69, 9.17) is 10.5 Å². The van der Waals surface area contributed by atoms with Gasteiger partial charge in [-0.2, -0.15) is 0 Å². The SMILES string of the molecule is C=C/C=C1/CCC2C(CCC3(C)C2CCC3(C(C)=O)C2=CCO2)C1(C)/C=C\C.CC.CCCC1(N)CCC(Cc2ccccc2)C1. The van der Waals surface area contributed by atoms with E-state index in [1.165, 1.54) is 62.5 Å². The Labute approximate surface area is 282 Å². The second-order valence-corrected chi connectivity index (χ2v) is 15.4. The molecular weight excluding hydrogens is 562 g/mol. The largest absolute Gasteiger partial charge is 0.493 e. The van der Waals surface area contributed by atoms with Gasteiger partial charge in [0.15, 0.2) is 0 Å². The molecule has 1 aromatic rings. The second kappa shape index (κ2) is 15.2. The summed E-state index contributed by atoms with van der Waals surface area (Å²) in [6.45, 7) is 19.7. The van der Waals surface area contributed by atoms with E-state index in [0.717, 1.165) is 37.4 Å². The predicted octanol–water partition coefficient (Wildman–Crippen LogP) is 11.0. The molecule has 1 aromatic carbocycles. The summed E-state index contributed by atoms with van der Waals surface area (Å²) in [4.78, 5) is 13.0. The van der Waals surface area contributed by atoms with Crippen molar-refractivity contribution >= 4 is 5.78 Å². The van der Waals surface area contributed by atoms with Gasteiger partial charge in [-0.25, -0.2) is 0 Å². The molecule has 2 N–H and O–H groups in total. The van der Waals surface area contributed by atoms with Crippen molar-refractivity contribution in [1.29, 1.82) is 0 Å². The average Bonchev–Trinajstić information content (AvgIpc) is 3.53. The lowest BCUT2D eigenvalue weighted by molar-refractivity contribution is -0.141. The molecule has 0 saturated heterocycles. The fourth-order valence-electron chi connectivity index (χ4n) is 11.0. The maximum atomic E-state index is 13.0. The minimum atomic E-state index is -0.380. The number of benzene rings is 1. The van der Waals surface area contributed by atoms with Crippen molar-refractivity contribution in [3.63, 3.8) is 0 Å². The molecule has 4 aliphatic carbocycles. The zero-order valence-electron chi connectivity index (χ0n) is 30.4. The van der Waals surface area contributed by atoms with Crippen LogP contribution in [0.2, 0.25) is 0 Å². The smallest absolute Gasteiger partial charge is 0.144 e. The van der Waals surface area contributed by atoms with E-state index in [2.05, 4.69) is 88.9 Å². The second-order valence-electron chi connectivity index (χ2n) is 15.4. The average molecular weight is 628 g/mol. The van der Waals surface area contributed by atoms with Gasteiger partial charge in [0.1, 0.15) is 18.1 Å². The lowest BCUT2D eigenvalue weighted by atomic mass is 9.45. The first-order valence-electron chi connectivity index (χ1n) is 18.7. The van der Waals surface area contributed by atoms with Crippen LogP contribution in [0.4, 0.5) is 0 Å². The van der Waals surface area contributed by atoms with Crippen molar-refractivity contribution in [3.05, 3.63) is 84.2 Å². The van der Waals surface area contributed by atoms with E-state index in [1.54, 1.807) is 6.92 Å². The minimum Gasteiger partial charge on any atom is -0.493 e. The first-order chi connectivity index (χ1) is 22.1. The van der Waals surface area contributed by atoms with Crippen LogP contribution < -0.4 is 5.73 Å². The number of nitrogens with two attached hydrogens (primary N) is 1. The lowest BCUT2D eigenvalue weighted by Crippen LogP contribution is -2.54. The van der Waals surface area contributed by atoms with Gasteiger partial charge < -0.3 is 10.5 Å². The van der Waals surface area contributed by atoms with Crippen LogP contribution in [-0.4, -0.2) is 17.9 Å². The third-order valence-corrected chi connectivity index (χ3v) is 13.1. The number of ether oxygens (including phenoxy) is 1. The number of hydrogen-bond acceptors (Lipinski definition) is 3. The fourth-order valence-corrected chi connectivity index (χ4v) is 11.0. The van der Waals surface area contributed by atoms with Gasteiger partial charge in [-0.1, -0.05) is 108 Å². The maximum absolute atomic E-state index is 13.0. The molecule has 4 fully saturated rings. The zero-order chi connectivity index (χ0) is 33.6. The van der Waals surface area contributed by atoms with E-state index >= 15 is 0 Å². The molecule has 3 heteroatoms. The van der Waals surface area contributed by atoms with Crippen molar-refractivity contribution in [3.8, 4) is 0 Å². The molecule has 1 heterocycles. The molecule has 254 valence electrons. The highest BCUT2D eigenvalue weighted by Gasteiger charge is 2.67. The van der Waals surface area contributed by atoms with Crippen molar-refractivity contribution in [2.75, 3.05) is 6.61 Å². The highest BCUT2D eigenvalue weighted by atomic mass is 16.5. The van der Waals surface area contributed by atoms with Gasteiger partial charge in [0.2, 0.25) is 0 Å². The first kappa shape index (κ1) is 36.4. The van der Waals surface area contributed by atoms with Crippen molar-refractivity contribution in [1.82, 2.24) is 0 Å². The molecule has 5 aliphatic rings. The Kier molecular flexibility index (Phi) is 12.1. The summed E-state index contributed by atoms with van der Waals surface area (Å²) in [5, 5.41) is 0. The Morgan fingerprint density at radius 3 is 2.33 bits per heavy atom. The standard InChI is InChI=1S/C26H36O2.C15H23N.C2H6/c1-6-8-19-9-10-20-21(24(19,4)14-7-2)11-15-25(5)22(20)12-16-26(25,18(3)27)23-13-17-28-23;1-2-9-15(16)10-8-14(12-15)11-13-6-4-3-5-7-13;1-2/h6-8,13-14,20-22H,1,9-12,15-17H2,2-5H3;3-7,14H,2,8-12,16H2,1H3;1-2H3/b14-7-,19-8-;;. The molecule has 0 radical (unpaired) electrons.